The number of aliphatic hydroxyl groups is 1. The fourth-order valence-electron chi connectivity index (χ4n) is 1.86. The molecule has 1 aliphatic heterocycles. The van der Waals surface area contributed by atoms with Crippen LogP contribution in [0.4, 0.5) is 0 Å². The first-order valence-corrected chi connectivity index (χ1v) is 5.84. The van der Waals surface area contributed by atoms with Gasteiger partial charge in [-0.05, 0) is 19.8 Å². The summed E-state index contributed by atoms with van der Waals surface area (Å²) in [7, 11) is 1.65. The van der Waals surface area contributed by atoms with Gasteiger partial charge in [-0.2, -0.15) is 0 Å². The zero-order chi connectivity index (χ0) is 12.0. The molecule has 5 nitrogen and oxygen atoms in total. The Morgan fingerprint density at radius 3 is 3.00 bits per heavy atom. The maximum Gasteiger partial charge on any atom is 0.237 e. The van der Waals surface area contributed by atoms with E-state index < -0.39 is 0 Å². The van der Waals surface area contributed by atoms with Gasteiger partial charge in [0.1, 0.15) is 0 Å². The second-order valence-electron chi connectivity index (χ2n) is 4.25. The van der Waals surface area contributed by atoms with Crippen LogP contribution in [0.2, 0.25) is 0 Å². The zero-order valence-electron chi connectivity index (χ0n) is 10.1. The molecule has 1 aliphatic rings. The van der Waals surface area contributed by atoms with Crippen LogP contribution in [0, 0.1) is 0 Å². The lowest BCUT2D eigenvalue weighted by atomic mass is 10.2. The fourth-order valence-corrected chi connectivity index (χ4v) is 1.86. The molecule has 2 N–H and O–H groups in total. The number of carbonyl (C=O) groups excluding carboxylic acids is 1. The summed E-state index contributed by atoms with van der Waals surface area (Å²) in [4.78, 5) is 13.7. The third-order valence-electron chi connectivity index (χ3n) is 2.95. The molecule has 0 spiro atoms. The molecule has 0 aromatic rings. The highest BCUT2D eigenvalue weighted by Gasteiger charge is 2.27. The Labute approximate surface area is 96.8 Å². The quantitative estimate of drug-likeness (QED) is 0.609. The smallest absolute Gasteiger partial charge is 0.237 e. The summed E-state index contributed by atoms with van der Waals surface area (Å²) in [5.41, 5.74) is 0. The number of carbonyl (C=O) groups is 1. The van der Waals surface area contributed by atoms with E-state index in [1.165, 1.54) is 0 Å². The molecule has 1 saturated heterocycles. The number of nitrogens with one attached hydrogen (secondary N) is 1. The van der Waals surface area contributed by atoms with Crippen molar-refractivity contribution in [2.75, 3.05) is 33.4 Å². The van der Waals surface area contributed by atoms with E-state index in [1.54, 1.807) is 7.11 Å². The second-order valence-corrected chi connectivity index (χ2v) is 4.25. The lowest BCUT2D eigenvalue weighted by Crippen LogP contribution is -2.44. The predicted molar refractivity (Wildman–Crippen MR) is 61.2 cm³/mol. The zero-order valence-corrected chi connectivity index (χ0v) is 10.1. The van der Waals surface area contributed by atoms with Crippen molar-refractivity contribution in [1.82, 2.24) is 10.2 Å². The molecule has 5 heteroatoms. The number of amides is 1. The summed E-state index contributed by atoms with van der Waals surface area (Å²) in [6.45, 7) is 4.59. The fraction of sp³-hybridized carbons (Fsp3) is 0.909. The molecular weight excluding hydrogens is 208 g/mol. The topological polar surface area (TPSA) is 61.8 Å². The molecule has 94 valence electrons. The molecule has 16 heavy (non-hydrogen) atoms. The van der Waals surface area contributed by atoms with Gasteiger partial charge in [-0.15, -0.1) is 0 Å². The molecule has 2 unspecified atom stereocenters. The highest BCUT2D eigenvalue weighted by atomic mass is 16.5. The second kappa shape index (κ2) is 6.83. The number of hydrogen-bond acceptors (Lipinski definition) is 4. The highest BCUT2D eigenvalue weighted by molar-refractivity contribution is 5.81. The molecule has 0 aromatic carbocycles. The predicted octanol–water partition coefficient (Wildman–Crippen LogP) is -0.406. The third kappa shape index (κ3) is 4.08. The number of nitrogens with zero attached hydrogens (tertiary/aromatic N) is 1. The van der Waals surface area contributed by atoms with Crippen molar-refractivity contribution >= 4 is 5.91 Å². The molecule has 0 saturated carbocycles. The van der Waals surface area contributed by atoms with Gasteiger partial charge < -0.3 is 15.2 Å². The van der Waals surface area contributed by atoms with Crippen LogP contribution in [-0.2, 0) is 9.53 Å². The van der Waals surface area contributed by atoms with E-state index in [2.05, 4.69) is 5.32 Å². The van der Waals surface area contributed by atoms with Crippen LogP contribution in [-0.4, -0.2) is 61.4 Å². The average molecular weight is 230 g/mol. The van der Waals surface area contributed by atoms with E-state index in [0.717, 1.165) is 19.4 Å². The van der Waals surface area contributed by atoms with Gasteiger partial charge in [0.15, 0.2) is 0 Å². The largest absolute Gasteiger partial charge is 0.392 e. The summed E-state index contributed by atoms with van der Waals surface area (Å²) in [6.07, 6.45) is 1.32. The van der Waals surface area contributed by atoms with Crippen LogP contribution in [0.5, 0.6) is 0 Å². The first-order chi connectivity index (χ1) is 7.65. The standard InChI is InChI=1S/C11H22N2O3/c1-9(13-6-4-10(14)8-13)11(15)12-5-3-7-16-2/h9-10,14H,3-8H2,1-2H3,(H,12,15). The van der Waals surface area contributed by atoms with Gasteiger partial charge in [-0.25, -0.2) is 0 Å². The van der Waals surface area contributed by atoms with Crippen molar-refractivity contribution in [1.29, 1.82) is 0 Å². The summed E-state index contributed by atoms with van der Waals surface area (Å²) in [5.74, 6) is 0.0326. The van der Waals surface area contributed by atoms with Gasteiger partial charge in [-0.3, -0.25) is 9.69 Å². The molecule has 1 rings (SSSR count). The first-order valence-electron chi connectivity index (χ1n) is 5.84. The minimum absolute atomic E-state index is 0.0326. The van der Waals surface area contributed by atoms with Gasteiger partial charge in [0, 0.05) is 33.4 Å². The molecule has 1 fully saturated rings. The lowest BCUT2D eigenvalue weighted by molar-refractivity contribution is -0.125. The molecule has 1 heterocycles. The molecule has 0 aliphatic carbocycles. The van der Waals surface area contributed by atoms with E-state index in [-0.39, 0.29) is 18.1 Å². The van der Waals surface area contributed by atoms with Crippen LogP contribution in [0.3, 0.4) is 0 Å². The maximum atomic E-state index is 11.7. The Morgan fingerprint density at radius 1 is 1.69 bits per heavy atom. The first kappa shape index (κ1) is 13.4. The Hall–Kier alpha value is -0.650. The molecule has 1 amide bonds. The molecule has 0 radical (unpaired) electrons. The lowest BCUT2D eigenvalue weighted by Gasteiger charge is -2.22. The third-order valence-corrected chi connectivity index (χ3v) is 2.95. The Morgan fingerprint density at radius 2 is 2.44 bits per heavy atom. The van der Waals surface area contributed by atoms with Gasteiger partial charge in [-0.1, -0.05) is 0 Å². The average Bonchev–Trinajstić information content (AvgIpc) is 2.70. The normalized spacial score (nSPS) is 23.3. The van der Waals surface area contributed by atoms with Crippen molar-refractivity contribution in [3.8, 4) is 0 Å². The minimum atomic E-state index is -0.274. The number of aliphatic hydroxyl groups excluding tert-OH is 1. The molecule has 0 aromatic heterocycles. The summed E-state index contributed by atoms with van der Waals surface area (Å²) in [6, 6.07) is -0.153. The van der Waals surface area contributed by atoms with Gasteiger partial charge in [0.25, 0.3) is 0 Å². The summed E-state index contributed by atoms with van der Waals surface area (Å²) >= 11 is 0. The monoisotopic (exact) mass is 230 g/mol. The Balaban J connectivity index is 2.20. The molecule has 0 bridgehead atoms. The van der Waals surface area contributed by atoms with Crippen LogP contribution in [0.1, 0.15) is 19.8 Å². The summed E-state index contributed by atoms with van der Waals surface area (Å²) in [5, 5.41) is 12.3. The van der Waals surface area contributed by atoms with Gasteiger partial charge in [0.05, 0.1) is 12.1 Å². The van der Waals surface area contributed by atoms with Crippen molar-refractivity contribution in [3.05, 3.63) is 0 Å². The number of ether oxygens (including phenoxy) is 1. The SMILES string of the molecule is COCCCNC(=O)C(C)N1CCC(O)C1. The summed E-state index contributed by atoms with van der Waals surface area (Å²) < 4.78 is 4.90. The highest BCUT2D eigenvalue weighted by Crippen LogP contribution is 2.12. The van der Waals surface area contributed by atoms with E-state index in [0.29, 0.717) is 19.7 Å². The number of likely N-dealkylation sites (tertiary alicyclic amines) is 1. The van der Waals surface area contributed by atoms with Crippen molar-refractivity contribution in [2.24, 2.45) is 0 Å². The van der Waals surface area contributed by atoms with Crippen molar-refractivity contribution < 1.29 is 14.6 Å². The minimum Gasteiger partial charge on any atom is -0.392 e. The van der Waals surface area contributed by atoms with Crippen molar-refractivity contribution in [3.63, 3.8) is 0 Å². The number of β-amino-alcohol motifs (C(OH)–C–C–N with tert-alkyl or cyclic N) is 1. The van der Waals surface area contributed by atoms with E-state index in [4.69, 9.17) is 4.74 Å². The van der Waals surface area contributed by atoms with Gasteiger partial charge in [0.2, 0.25) is 5.91 Å². The molecular formula is C11H22N2O3. The van der Waals surface area contributed by atoms with E-state index in [1.807, 2.05) is 11.8 Å². The van der Waals surface area contributed by atoms with Crippen LogP contribution in [0.15, 0.2) is 0 Å². The van der Waals surface area contributed by atoms with E-state index >= 15 is 0 Å². The van der Waals surface area contributed by atoms with Crippen LogP contribution >= 0.6 is 0 Å². The van der Waals surface area contributed by atoms with Gasteiger partial charge >= 0.3 is 0 Å². The number of methoxy groups -OCH3 is 1. The van der Waals surface area contributed by atoms with Crippen LogP contribution in [0.25, 0.3) is 0 Å². The maximum absolute atomic E-state index is 11.7. The Kier molecular flexibility index (Phi) is 5.73. The number of rotatable bonds is 6. The van der Waals surface area contributed by atoms with Crippen LogP contribution < -0.4 is 5.32 Å². The molecule has 2 atom stereocenters. The van der Waals surface area contributed by atoms with Crippen molar-refractivity contribution in [2.45, 2.75) is 31.9 Å². The Bertz CT molecular complexity index is 223. The van der Waals surface area contributed by atoms with E-state index in [9.17, 15) is 9.90 Å². The number of hydrogen-bond donors (Lipinski definition) is 2.